The van der Waals surface area contributed by atoms with Crippen molar-refractivity contribution in [1.29, 1.82) is 5.41 Å². The lowest BCUT2D eigenvalue weighted by Gasteiger charge is -2.53. The van der Waals surface area contributed by atoms with Crippen molar-refractivity contribution in [3.05, 3.63) is 21.7 Å². The van der Waals surface area contributed by atoms with Gasteiger partial charge in [0.05, 0.1) is 23.6 Å². The minimum atomic E-state index is -1.06. The maximum absolute atomic E-state index is 11.9. The van der Waals surface area contributed by atoms with Crippen LogP contribution >= 0.6 is 23.1 Å². The summed E-state index contributed by atoms with van der Waals surface area (Å²) in [7, 11) is 0. The van der Waals surface area contributed by atoms with Gasteiger partial charge in [0.25, 0.3) is 0 Å². The Labute approximate surface area is 177 Å². The molecule has 0 aromatic carbocycles. The van der Waals surface area contributed by atoms with Gasteiger partial charge in [-0.3, -0.25) is 5.41 Å². The molecule has 0 amide bonds. The lowest BCUT2D eigenvalue weighted by atomic mass is 9.78. The van der Waals surface area contributed by atoms with Crippen LogP contribution in [-0.4, -0.2) is 73.4 Å². The number of aromatic nitrogens is 1. The Morgan fingerprint density at radius 2 is 2.21 bits per heavy atom. The zero-order valence-corrected chi connectivity index (χ0v) is 18.2. The molecule has 4 N–H and O–H groups in total. The van der Waals surface area contributed by atoms with E-state index in [1.807, 2.05) is 17.2 Å². The molecule has 8 nitrogen and oxygen atoms in total. The minimum absolute atomic E-state index is 0.107. The number of hydrogen-bond acceptors (Lipinski definition) is 8. The highest BCUT2D eigenvalue weighted by atomic mass is 32.2. The molecule has 0 aliphatic carbocycles. The van der Waals surface area contributed by atoms with Gasteiger partial charge in [0.15, 0.2) is 4.34 Å². The molecule has 3 aliphatic rings. The number of nitrogens with one attached hydrogen (secondary N) is 1. The maximum Gasteiger partial charge on any atom is 0.353 e. The molecule has 4 heterocycles. The summed E-state index contributed by atoms with van der Waals surface area (Å²) in [6.07, 6.45) is -0.726. The van der Waals surface area contributed by atoms with Gasteiger partial charge in [0.1, 0.15) is 11.9 Å². The SMILES string of the molecule is CC(=N)N1CC[C@H](c2csc(SC3=C(C(=O)O)N4C(O)[C@H]([C@@H](C)O)[C@H]4[C@H]3C)n2)C1. The van der Waals surface area contributed by atoms with Gasteiger partial charge >= 0.3 is 5.97 Å². The second kappa shape index (κ2) is 7.57. The number of hydrogen-bond donors (Lipinski definition) is 4. The number of likely N-dealkylation sites (tertiary alicyclic amines) is 1. The van der Waals surface area contributed by atoms with Crippen LogP contribution in [-0.2, 0) is 4.79 Å². The van der Waals surface area contributed by atoms with Crippen molar-refractivity contribution in [2.75, 3.05) is 13.1 Å². The first-order valence-electron chi connectivity index (χ1n) is 9.76. The van der Waals surface area contributed by atoms with Gasteiger partial charge in [-0.1, -0.05) is 18.7 Å². The molecule has 29 heavy (non-hydrogen) atoms. The highest BCUT2D eigenvalue weighted by Crippen LogP contribution is 2.54. The number of carboxylic acids is 1. The molecule has 2 fully saturated rings. The highest BCUT2D eigenvalue weighted by molar-refractivity contribution is 8.04. The van der Waals surface area contributed by atoms with Crippen LogP contribution in [0.2, 0.25) is 0 Å². The molecule has 6 atom stereocenters. The predicted octanol–water partition coefficient (Wildman–Crippen LogP) is 1.97. The van der Waals surface area contributed by atoms with Crippen molar-refractivity contribution in [2.24, 2.45) is 11.8 Å². The van der Waals surface area contributed by atoms with Crippen molar-refractivity contribution in [2.45, 2.75) is 55.8 Å². The Morgan fingerprint density at radius 1 is 1.48 bits per heavy atom. The summed E-state index contributed by atoms with van der Waals surface area (Å²) in [5, 5.41) is 40.0. The third kappa shape index (κ3) is 3.35. The number of nitrogens with zero attached hydrogens (tertiary/aromatic N) is 3. The summed E-state index contributed by atoms with van der Waals surface area (Å²) in [6.45, 7) is 7.04. The van der Waals surface area contributed by atoms with E-state index in [9.17, 15) is 20.1 Å². The number of rotatable bonds is 5. The van der Waals surface area contributed by atoms with Crippen LogP contribution in [0.3, 0.4) is 0 Å². The van der Waals surface area contributed by atoms with Crippen LogP contribution in [0.5, 0.6) is 0 Å². The summed E-state index contributed by atoms with van der Waals surface area (Å²) < 4.78 is 0.788. The van der Waals surface area contributed by atoms with Crippen molar-refractivity contribution in [1.82, 2.24) is 14.8 Å². The Morgan fingerprint density at radius 3 is 2.79 bits per heavy atom. The molecule has 0 radical (unpaired) electrons. The number of carboxylic acid groups (broad SMARTS) is 1. The van der Waals surface area contributed by atoms with E-state index in [0.29, 0.717) is 10.7 Å². The molecule has 0 bridgehead atoms. The molecule has 1 aromatic rings. The fourth-order valence-electron chi connectivity index (χ4n) is 4.77. The van der Waals surface area contributed by atoms with E-state index in [2.05, 4.69) is 0 Å². The van der Waals surface area contributed by atoms with Crippen LogP contribution in [0.4, 0.5) is 0 Å². The van der Waals surface area contributed by atoms with Crippen molar-refractivity contribution in [3.8, 4) is 0 Å². The fraction of sp³-hybridized carbons (Fsp3) is 0.632. The molecule has 10 heteroatoms. The van der Waals surface area contributed by atoms with Crippen molar-refractivity contribution in [3.63, 3.8) is 0 Å². The summed E-state index contributed by atoms with van der Waals surface area (Å²) in [5.74, 6) is -0.669. The fourth-order valence-corrected chi connectivity index (χ4v) is 6.96. The molecule has 2 saturated heterocycles. The second-order valence-electron chi connectivity index (χ2n) is 8.09. The van der Waals surface area contributed by atoms with E-state index in [1.54, 1.807) is 13.8 Å². The molecule has 3 aliphatic heterocycles. The van der Waals surface area contributed by atoms with Gasteiger partial charge in [-0.05, 0) is 20.3 Å². The quantitative estimate of drug-likeness (QED) is 0.407. The first-order chi connectivity index (χ1) is 13.7. The lowest BCUT2D eigenvalue weighted by molar-refractivity contribution is -0.192. The van der Waals surface area contributed by atoms with E-state index in [0.717, 1.165) is 29.5 Å². The average molecular weight is 439 g/mol. The van der Waals surface area contributed by atoms with Crippen molar-refractivity contribution < 1.29 is 20.1 Å². The Balaban J connectivity index is 1.54. The van der Waals surface area contributed by atoms with Gasteiger partial charge in [-0.2, -0.15) is 0 Å². The number of aliphatic hydroxyl groups excluding tert-OH is 2. The van der Waals surface area contributed by atoms with E-state index in [-0.39, 0.29) is 29.5 Å². The normalized spacial score (nSPS) is 32.4. The molecule has 0 saturated carbocycles. The second-order valence-corrected chi connectivity index (χ2v) is 10.2. The zero-order chi connectivity index (χ0) is 21.0. The molecule has 0 spiro atoms. The molecule has 1 aromatic heterocycles. The number of aliphatic carboxylic acids is 1. The molecule has 158 valence electrons. The first kappa shape index (κ1) is 20.6. The monoisotopic (exact) mass is 438 g/mol. The molecule has 1 unspecified atom stereocenters. The van der Waals surface area contributed by atoms with E-state index < -0.39 is 18.3 Å². The molecule has 4 rings (SSSR count). The smallest absolute Gasteiger partial charge is 0.353 e. The van der Waals surface area contributed by atoms with E-state index >= 15 is 0 Å². The summed E-state index contributed by atoms with van der Waals surface area (Å²) in [4.78, 5) is 21.0. The van der Waals surface area contributed by atoms with Crippen LogP contribution in [0.1, 0.15) is 38.8 Å². The first-order valence-corrected chi connectivity index (χ1v) is 11.5. The largest absolute Gasteiger partial charge is 0.477 e. The van der Waals surface area contributed by atoms with Crippen LogP contribution in [0.15, 0.2) is 20.3 Å². The van der Waals surface area contributed by atoms with Gasteiger partial charge in [0.2, 0.25) is 0 Å². The number of thioether (sulfide) groups is 1. The molecular weight excluding hydrogens is 412 g/mol. The number of amidine groups is 1. The number of fused-ring (bicyclic) bond motifs is 1. The van der Waals surface area contributed by atoms with Gasteiger partial charge in [-0.25, -0.2) is 9.78 Å². The minimum Gasteiger partial charge on any atom is -0.477 e. The van der Waals surface area contributed by atoms with Gasteiger partial charge < -0.3 is 25.1 Å². The topological polar surface area (TPSA) is 121 Å². The number of thiazole rings is 1. The Hall–Kier alpha value is -1.62. The van der Waals surface area contributed by atoms with Gasteiger partial charge in [-0.15, -0.1) is 11.3 Å². The van der Waals surface area contributed by atoms with E-state index in [4.69, 9.17) is 10.4 Å². The summed E-state index contributed by atoms with van der Waals surface area (Å²) in [6, 6.07) is -0.211. The lowest BCUT2D eigenvalue weighted by Crippen LogP contribution is -2.66. The maximum atomic E-state index is 11.9. The summed E-state index contributed by atoms with van der Waals surface area (Å²) >= 11 is 2.86. The average Bonchev–Trinajstić information content (AvgIpc) is 3.33. The van der Waals surface area contributed by atoms with E-state index in [1.165, 1.54) is 28.0 Å². The van der Waals surface area contributed by atoms with Crippen molar-refractivity contribution >= 4 is 34.9 Å². The van der Waals surface area contributed by atoms with Crippen LogP contribution in [0, 0.1) is 17.2 Å². The third-order valence-corrected chi connectivity index (χ3v) is 8.54. The Kier molecular flexibility index (Phi) is 5.39. The predicted molar refractivity (Wildman–Crippen MR) is 111 cm³/mol. The third-order valence-electron chi connectivity index (χ3n) is 6.30. The van der Waals surface area contributed by atoms with Crippen LogP contribution in [0.25, 0.3) is 0 Å². The van der Waals surface area contributed by atoms with Gasteiger partial charge in [0, 0.05) is 41.3 Å². The summed E-state index contributed by atoms with van der Waals surface area (Å²) in [5.41, 5.74) is 1.12. The number of carbonyl (C=O) groups is 1. The highest BCUT2D eigenvalue weighted by Gasteiger charge is 2.59. The zero-order valence-electron chi connectivity index (χ0n) is 16.6. The standard InChI is InChI=1S/C19H26N4O4S2/c1-8-14-13(9(2)24)17(25)23(14)15(18(26)27)16(8)29-19-21-12(7-28-19)11-4-5-22(6-11)10(3)20/h7-9,11,13-14,17,20,24-25H,4-6H2,1-3H3,(H,26,27)/t8-,9-,11+,13-,14-,17?/m1/s1. The molecular formula is C19H26N4O4S2. The van der Waals surface area contributed by atoms with Crippen LogP contribution < -0.4 is 0 Å². The number of aliphatic hydroxyl groups is 2. The Bertz CT molecular complexity index is 870.